The number of carbonyl (C=O) groups excluding carboxylic acids is 3. The van der Waals surface area contributed by atoms with Crippen LogP contribution in [-0.2, 0) is 14.4 Å². The van der Waals surface area contributed by atoms with Crippen LogP contribution in [0.25, 0.3) is 0 Å². The largest absolute Gasteiger partial charge is 0.495 e. The molecule has 0 heterocycles. The summed E-state index contributed by atoms with van der Waals surface area (Å²) >= 11 is 0. The highest BCUT2D eigenvalue weighted by Crippen LogP contribution is 2.27. The number of hydrogen-bond acceptors (Lipinski definition) is 4. The molecule has 21 heavy (non-hydrogen) atoms. The number of rotatable bonds is 6. The number of anilines is 2. The van der Waals surface area contributed by atoms with Gasteiger partial charge in [-0.15, -0.1) is 0 Å². The molecule has 0 aliphatic heterocycles. The van der Waals surface area contributed by atoms with E-state index in [-0.39, 0.29) is 30.7 Å². The first-order valence-electron chi connectivity index (χ1n) is 6.42. The van der Waals surface area contributed by atoms with E-state index in [0.29, 0.717) is 17.1 Å². The Labute approximate surface area is 123 Å². The van der Waals surface area contributed by atoms with E-state index in [4.69, 9.17) is 4.74 Å². The van der Waals surface area contributed by atoms with E-state index >= 15 is 0 Å². The number of hydrogen-bond donors (Lipinski definition) is 3. The highest BCUT2D eigenvalue weighted by atomic mass is 16.5. The van der Waals surface area contributed by atoms with Gasteiger partial charge in [-0.25, -0.2) is 0 Å². The van der Waals surface area contributed by atoms with Crippen LogP contribution in [0.4, 0.5) is 11.4 Å². The summed E-state index contributed by atoms with van der Waals surface area (Å²) in [4.78, 5) is 33.6. The average molecular weight is 293 g/mol. The summed E-state index contributed by atoms with van der Waals surface area (Å²) in [6, 6.07) is 4.93. The molecule has 3 N–H and O–H groups in total. The van der Waals surface area contributed by atoms with Crippen molar-refractivity contribution in [3.63, 3.8) is 0 Å². The summed E-state index contributed by atoms with van der Waals surface area (Å²) in [5.41, 5.74) is 1.01. The summed E-state index contributed by atoms with van der Waals surface area (Å²) in [6.45, 7) is 3.04. The molecule has 0 bridgehead atoms. The Morgan fingerprint density at radius 3 is 2.38 bits per heavy atom. The second-order valence-corrected chi connectivity index (χ2v) is 4.38. The molecular weight excluding hydrogens is 274 g/mol. The van der Waals surface area contributed by atoms with E-state index in [0.717, 1.165) is 0 Å². The van der Waals surface area contributed by atoms with Crippen LogP contribution in [0, 0.1) is 0 Å². The van der Waals surface area contributed by atoms with Crippen molar-refractivity contribution in [2.24, 2.45) is 0 Å². The number of benzene rings is 1. The van der Waals surface area contributed by atoms with Crippen molar-refractivity contribution in [3.8, 4) is 5.75 Å². The first kappa shape index (κ1) is 16.5. The molecule has 0 fully saturated rings. The highest BCUT2D eigenvalue weighted by molar-refractivity contribution is 5.95. The summed E-state index contributed by atoms with van der Waals surface area (Å²) < 4.78 is 5.15. The van der Waals surface area contributed by atoms with Gasteiger partial charge in [-0.2, -0.15) is 0 Å². The molecule has 1 rings (SSSR count). The predicted molar refractivity (Wildman–Crippen MR) is 79.2 cm³/mol. The fourth-order valence-corrected chi connectivity index (χ4v) is 1.65. The predicted octanol–water partition coefficient (Wildman–Crippen LogP) is 1.12. The number of methoxy groups -OCH3 is 1. The van der Waals surface area contributed by atoms with Crippen molar-refractivity contribution in [2.45, 2.75) is 20.3 Å². The maximum Gasteiger partial charge on any atom is 0.226 e. The zero-order chi connectivity index (χ0) is 15.8. The Morgan fingerprint density at radius 2 is 1.81 bits per heavy atom. The smallest absolute Gasteiger partial charge is 0.226 e. The van der Waals surface area contributed by atoms with Gasteiger partial charge in [0.15, 0.2) is 0 Å². The Morgan fingerprint density at radius 1 is 1.10 bits per heavy atom. The normalized spacial score (nSPS) is 9.67. The van der Waals surface area contributed by atoms with E-state index in [1.54, 1.807) is 18.2 Å². The van der Waals surface area contributed by atoms with E-state index in [1.807, 2.05) is 0 Å². The Bertz CT molecular complexity index is 543. The van der Waals surface area contributed by atoms with Crippen molar-refractivity contribution >= 4 is 29.1 Å². The fraction of sp³-hybridized carbons (Fsp3) is 0.357. The molecule has 0 radical (unpaired) electrons. The van der Waals surface area contributed by atoms with Gasteiger partial charge in [0.1, 0.15) is 5.75 Å². The topological polar surface area (TPSA) is 96.5 Å². The van der Waals surface area contributed by atoms with Crippen molar-refractivity contribution in [1.29, 1.82) is 0 Å². The molecule has 0 aliphatic rings. The quantitative estimate of drug-likeness (QED) is 0.732. The van der Waals surface area contributed by atoms with Crippen LogP contribution >= 0.6 is 0 Å². The molecule has 0 aliphatic carbocycles. The van der Waals surface area contributed by atoms with Gasteiger partial charge in [0.05, 0.1) is 12.8 Å². The maximum absolute atomic E-state index is 11.8. The third-order valence-electron chi connectivity index (χ3n) is 2.52. The summed E-state index contributed by atoms with van der Waals surface area (Å²) in [7, 11) is 1.49. The highest BCUT2D eigenvalue weighted by Gasteiger charge is 2.09. The van der Waals surface area contributed by atoms with Gasteiger partial charge in [0.25, 0.3) is 0 Å². The lowest BCUT2D eigenvalue weighted by molar-refractivity contribution is -0.119. The summed E-state index contributed by atoms with van der Waals surface area (Å²) in [6.07, 6.45) is 0.146. The van der Waals surface area contributed by atoms with Crippen LogP contribution in [0.1, 0.15) is 20.3 Å². The molecule has 0 aromatic heterocycles. The van der Waals surface area contributed by atoms with E-state index in [1.165, 1.54) is 21.0 Å². The molecule has 0 unspecified atom stereocenters. The maximum atomic E-state index is 11.8. The molecule has 3 amide bonds. The Kier molecular flexibility index (Phi) is 6.19. The van der Waals surface area contributed by atoms with Crippen LogP contribution in [0.3, 0.4) is 0 Å². The molecule has 7 heteroatoms. The molecule has 1 aromatic carbocycles. The minimum Gasteiger partial charge on any atom is -0.495 e. The van der Waals surface area contributed by atoms with Crippen LogP contribution < -0.4 is 20.7 Å². The molecule has 0 atom stereocenters. The number of nitrogens with one attached hydrogen (secondary N) is 3. The van der Waals surface area contributed by atoms with Gasteiger partial charge in [0, 0.05) is 32.5 Å². The Balaban J connectivity index is 2.72. The molecule has 1 aromatic rings. The lowest BCUT2D eigenvalue weighted by Crippen LogP contribution is -2.25. The van der Waals surface area contributed by atoms with Crippen molar-refractivity contribution in [1.82, 2.24) is 5.32 Å². The first-order valence-corrected chi connectivity index (χ1v) is 6.42. The zero-order valence-corrected chi connectivity index (χ0v) is 12.3. The number of ether oxygens (including phenoxy) is 1. The van der Waals surface area contributed by atoms with Gasteiger partial charge < -0.3 is 20.7 Å². The van der Waals surface area contributed by atoms with E-state index in [9.17, 15) is 14.4 Å². The van der Waals surface area contributed by atoms with Crippen molar-refractivity contribution < 1.29 is 19.1 Å². The molecule has 114 valence electrons. The van der Waals surface area contributed by atoms with Crippen LogP contribution in [-0.4, -0.2) is 31.4 Å². The monoisotopic (exact) mass is 293 g/mol. The third kappa shape index (κ3) is 5.94. The molecular formula is C14H19N3O4. The van der Waals surface area contributed by atoms with E-state index in [2.05, 4.69) is 16.0 Å². The average Bonchev–Trinajstić information content (AvgIpc) is 2.37. The second-order valence-electron chi connectivity index (χ2n) is 4.38. The minimum absolute atomic E-state index is 0.146. The summed E-state index contributed by atoms with van der Waals surface area (Å²) in [5.74, 6) is -0.171. The van der Waals surface area contributed by atoms with Gasteiger partial charge in [0.2, 0.25) is 17.7 Å². The van der Waals surface area contributed by atoms with Crippen molar-refractivity contribution in [3.05, 3.63) is 18.2 Å². The summed E-state index contributed by atoms with van der Waals surface area (Å²) in [5, 5.41) is 7.85. The molecule has 7 nitrogen and oxygen atoms in total. The number of carbonyl (C=O) groups is 3. The zero-order valence-electron chi connectivity index (χ0n) is 12.3. The van der Waals surface area contributed by atoms with Gasteiger partial charge >= 0.3 is 0 Å². The van der Waals surface area contributed by atoms with E-state index < -0.39 is 0 Å². The van der Waals surface area contributed by atoms with Gasteiger partial charge in [-0.3, -0.25) is 14.4 Å². The molecule has 0 saturated heterocycles. The number of amides is 3. The second kappa shape index (κ2) is 7.88. The lowest BCUT2D eigenvalue weighted by Gasteiger charge is -2.12. The Hall–Kier alpha value is -2.57. The van der Waals surface area contributed by atoms with Crippen LogP contribution in [0.15, 0.2) is 18.2 Å². The lowest BCUT2D eigenvalue weighted by atomic mass is 10.2. The first-order chi connectivity index (χ1) is 9.92. The van der Waals surface area contributed by atoms with Crippen LogP contribution in [0.2, 0.25) is 0 Å². The minimum atomic E-state index is -0.262. The molecule has 0 spiro atoms. The van der Waals surface area contributed by atoms with Gasteiger partial charge in [-0.1, -0.05) is 0 Å². The fourth-order valence-electron chi connectivity index (χ4n) is 1.65. The van der Waals surface area contributed by atoms with Gasteiger partial charge in [-0.05, 0) is 18.2 Å². The SMILES string of the molecule is COc1ccc(NC(C)=O)cc1NC(=O)CCNC(C)=O. The van der Waals surface area contributed by atoms with Crippen LogP contribution in [0.5, 0.6) is 5.75 Å². The molecule has 0 saturated carbocycles. The third-order valence-corrected chi connectivity index (χ3v) is 2.52. The standard InChI is InChI=1S/C14H19N3O4/c1-9(18)15-7-6-14(20)17-12-8-11(16-10(2)19)4-5-13(12)21-3/h4-5,8H,6-7H2,1-3H3,(H,15,18)(H,16,19)(H,17,20). The van der Waals surface area contributed by atoms with Crippen molar-refractivity contribution in [2.75, 3.05) is 24.3 Å².